The third kappa shape index (κ3) is 4.66. The predicted molar refractivity (Wildman–Crippen MR) is 109 cm³/mol. The number of anilines is 1. The Hall–Kier alpha value is -3.67. The minimum atomic E-state index is -0.954. The summed E-state index contributed by atoms with van der Waals surface area (Å²) in [4.78, 5) is 22.4. The van der Waals surface area contributed by atoms with Crippen molar-refractivity contribution in [2.45, 2.75) is 0 Å². The summed E-state index contributed by atoms with van der Waals surface area (Å²) in [6.45, 7) is 0. The maximum absolute atomic E-state index is 13.9. The van der Waals surface area contributed by atoms with E-state index in [1.54, 1.807) is 30.3 Å². The summed E-state index contributed by atoms with van der Waals surface area (Å²) in [5.41, 5.74) is -0.598. The van der Waals surface area contributed by atoms with Crippen LogP contribution in [0.5, 0.6) is 0 Å². The summed E-state index contributed by atoms with van der Waals surface area (Å²) >= 11 is 11.9. The average Bonchev–Trinajstić information content (AvgIpc) is 3.18. The number of nitro groups is 1. The summed E-state index contributed by atoms with van der Waals surface area (Å²) in [6.07, 6.45) is 1.16. The normalized spacial score (nSPS) is 11.1. The number of nitro benzene ring substituents is 1. The first kappa shape index (κ1) is 21.0. The van der Waals surface area contributed by atoms with Crippen LogP contribution < -0.4 is 5.32 Å². The number of hydrogen-bond donors (Lipinski definition) is 1. The molecule has 1 heterocycles. The highest BCUT2D eigenvalue weighted by Gasteiger charge is 2.16. The predicted octanol–water partition coefficient (Wildman–Crippen LogP) is 5.85. The summed E-state index contributed by atoms with van der Waals surface area (Å²) in [5.74, 6) is -1.24. The lowest BCUT2D eigenvalue weighted by atomic mass is 10.2. The summed E-state index contributed by atoms with van der Waals surface area (Å²) < 4.78 is 19.5. The zero-order valence-electron chi connectivity index (χ0n) is 14.9. The van der Waals surface area contributed by atoms with E-state index >= 15 is 0 Å². The molecule has 2 aromatic carbocycles. The molecular formula is C20H10Cl2FN3O4. The minimum absolute atomic E-state index is 0.183. The Morgan fingerprint density at radius 2 is 1.93 bits per heavy atom. The first-order valence-corrected chi connectivity index (χ1v) is 8.96. The fraction of sp³-hybridized carbons (Fsp3) is 0. The Morgan fingerprint density at radius 3 is 2.60 bits per heavy atom. The number of hydrogen-bond acceptors (Lipinski definition) is 5. The van der Waals surface area contributed by atoms with E-state index in [0.717, 1.165) is 24.3 Å². The lowest BCUT2D eigenvalue weighted by Crippen LogP contribution is -2.14. The Balaban J connectivity index is 1.84. The van der Waals surface area contributed by atoms with Crippen LogP contribution >= 0.6 is 23.2 Å². The van der Waals surface area contributed by atoms with Crippen LogP contribution in [-0.2, 0) is 4.79 Å². The van der Waals surface area contributed by atoms with Gasteiger partial charge in [0.05, 0.1) is 20.7 Å². The number of furan rings is 1. The van der Waals surface area contributed by atoms with Crippen molar-refractivity contribution in [3.05, 3.63) is 85.8 Å². The number of non-ortho nitro benzene ring substituents is 1. The Morgan fingerprint density at radius 1 is 1.17 bits per heavy atom. The summed E-state index contributed by atoms with van der Waals surface area (Å²) in [5, 5.41) is 23.0. The van der Waals surface area contributed by atoms with Gasteiger partial charge in [-0.15, -0.1) is 0 Å². The van der Waals surface area contributed by atoms with Gasteiger partial charge in [0.25, 0.3) is 11.6 Å². The van der Waals surface area contributed by atoms with Crippen molar-refractivity contribution in [3.63, 3.8) is 0 Å². The highest BCUT2D eigenvalue weighted by molar-refractivity contribution is 6.42. The second kappa shape index (κ2) is 8.78. The molecule has 3 rings (SSSR count). The van der Waals surface area contributed by atoms with Gasteiger partial charge < -0.3 is 9.73 Å². The first-order valence-electron chi connectivity index (χ1n) is 8.21. The molecule has 0 fully saturated rings. The van der Waals surface area contributed by atoms with E-state index in [1.807, 2.05) is 0 Å². The van der Waals surface area contributed by atoms with Gasteiger partial charge in [0.15, 0.2) is 0 Å². The molecule has 0 bridgehead atoms. The number of halogens is 3. The van der Waals surface area contributed by atoms with Crippen molar-refractivity contribution in [3.8, 4) is 17.4 Å². The van der Waals surface area contributed by atoms with Crippen LogP contribution in [0.1, 0.15) is 5.76 Å². The van der Waals surface area contributed by atoms with Crippen LogP contribution in [0.25, 0.3) is 17.4 Å². The summed E-state index contributed by atoms with van der Waals surface area (Å²) in [7, 11) is 0. The molecule has 0 atom stereocenters. The molecule has 150 valence electrons. The molecule has 30 heavy (non-hydrogen) atoms. The molecule has 0 aliphatic rings. The van der Waals surface area contributed by atoms with E-state index in [9.17, 15) is 24.6 Å². The third-order valence-electron chi connectivity index (χ3n) is 3.89. The number of rotatable bonds is 5. The maximum atomic E-state index is 13.9. The van der Waals surface area contributed by atoms with Crippen molar-refractivity contribution >= 4 is 46.6 Å². The van der Waals surface area contributed by atoms with Gasteiger partial charge in [-0.05, 0) is 36.4 Å². The van der Waals surface area contributed by atoms with Crippen molar-refractivity contribution in [2.24, 2.45) is 0 Å². The monoisotopic (exact) mass is 445 g/mol. The van der Waals surface area contributed by atoms with E-state index < -0.39 is 33.6 Å². The summed E-state index contributed by atoms with van der Waals surface area (Å²) in [6, 6.07) is 12.4. The molecule has 1 aromatic heterocycles. The highest BCUT2D eigenvalue weighted by atomic mass is 35.5. The highest BCUT2D eigenvalue weighted by Crippen LogP contribution is 2.30. The van der Waals surface area contributed by atoms with Crippen molar-refractivity contribution in [1.29, 1.82) is 5.26 Å². The standard InChI is InChI=1S/C20H10Cl2FN3O4/c21-15-4-1-11(8-16(15)22)19-6-3-14(30-19)7-12(10-24)20(27)25-18-9-13(26(28)29)2-5-17(18)23/h1-9H,(H,25,27). The van der Waals surface area contributed by atoms with Crippen LogP contribution in [0.15, 0.2) is 58.5 Å². The van der Waals surface area contributed by atoms with Crippen molar-refractivity contribution in [1.82, 2.24) is 0 Å². The number of carbonyl (C=O) groups excluding carboxylic acids is 1. The van der Waals surface area contributed by atoms with Crippen LogP contribution in [-0.4, -0.2) is 10.8 Å². The van der Waals surface area contributed by atoms with E-state index in [-0.39, 0.29) is 5.76 Å². The van der Waals surface area contributed by atoms with Gasteiger partial charge in [-0.3, -0.25) is 14.9 Å². The third-order valence-corrected chi connectivity index (χ3v) is 4.63. The number of benzene rings is 2. The molecule has 1 amide bonds. The molecule has 7 nitrogen and oxygen atoms in total. The molecule has 0 radical (unpaired) electrons. The van der Waals surface area contributed by atoms with Gasteiger partial charge in [-0.1, -0.05) is 23.2 Å². The zero-order valence-corrected chi connectivity index (χ0v) is 16.4. The van der Waals surface area contributed by atoms with Crippen LogP contribution in [0.3, 0.4) is 0 Å². The molecule has 1 N–H and O–H groups in total. The Kier molecular flexibility index (Phi) is 6.16. The molecule has 0 aliphatic heterocycles. The number of nitrogens with one attached hydrogen (secondary N) is 1. The fourth-order valence-electron chi connectivity index (χ4n) is 2.44. The molecule has 3 aromatic rings. The van der Waals surface area contributed by atoms with E-state index in [1.165, 1.54) is 6.07 Å². The SMILES string of the molecule is N#CC(=Cc1ccc(-c2ccc(Cl)c(Cl)c2)o1)C(=O)Nc1cc([N+](=O)[O-])ccc1F. The number of amides is 1. The zero-order chi connectivity index (χ0) is 21.8. The lowest BCUT2D eigenvalue weighted by Gasteiger charge is -2.05. The number of nitrogens with zero attached hydrogens (tertiary/aromatic N) is 2. The van der Waals surface area contributed by atoms with Gasteiger partial charge in [0.1, 0.15) is 29.0 Å². The number of carbonyl (C=O) groups is 1. The maximum Gasteiger partial charge on any atom is 0.271 e. The van der Waals surface area contributed by atoms with E-state index in [4.69, 9.17) is 27.6 Å². The van der Waals surface area contributed by atoms with E-state index in [2.05, 4.69) is 5.32 Å². The second-order valence-corrected chi connectivity index (χ2v) is 6.69. The van der Waals surface area contributed by atoms with Crippen LogP contribution in [0.2, 0.25) is 10.0 Å². The first-order chi connectivity index (χ1) is 14.3. The average molecular weight is 446 g/mol. The molecular weight excluding hydrogens is 436 g/mol. The Labute approximate surface area is 179 Å². The molecule has 0 unspecified atom stereocenters. The molecule has 0 aliphatic carbocycles. The Bertz CT molecular complexity index is 1230. The van der Waals surface area contributed by atoms with Crippen LogP contribution in [0.4, 0.5) is 15.8 Å². The molecule has 0 saturated carbocycles. The van der Waals surface area contributed by atoms with Gasteiger partial charge in [-0.2, -0.15) is 5.26 Å². The molecule has 10 heteroatoms. The number of nitriles is 1. The van der Waals surface area contributed by atoms with Crippen molar-refractivity contribution in [2.75, 3.05) is 5.32 Å². The van der Waals surface area contributed by atoms with E-state index in [0.29, 0.717) is 21.4 Å². The van der Waals surface area contributed by atoms with Crippen molar-refractivity contribution < 1.29 is 18.5 Å². The van der Waals surface area contributed by atoms with Gasteiger partial charge in [0.2, 0.25) is 0 Å². The van der Waals surface area contributed by atoms with Gasteiger partial charge >= 0.3 is 0 Å². The second-order valence-electron chi connectivity index (χ2n) is 5.88. The van der Waals surface area contributed by atoms with Gasteiger partial charge in [-0.25, -0.2) is 4.39 Å². The molecule has 0 saturated heterocycles. The largest absolute Gasteiger partial charge is 0.457 e. The van der Waals surface area contributed by atoms with Gasteiger partial charge in [0, 0.05) is 23.8 Å². The topological polar surface area (TPSA) is 109 Å². The smallest absolute Gasteiger partial charge is 0.271 e. The fourth-order valence-corrected chi connectivity index (χ4v) is 2.74. The molecule has 0 spiro atoms. The van der Waals surface area contributed by atoms with Crippen LogP contribution in [0, 0.1) is 27.3 Å². The quantitative estimate of drug-likeness (QED) is 0.229. The minimum Gasteiger partial charge on any atom is -0.457 e. The lowest BCUT2D eigenvalue weighted by molar-refractivity contribution is -0.384.